The van der Waals surface area contributed by atoms with Crippen molar-refractivity contribution in [2.75, 3.05) is 0 Å². The van der Waals surface area contributed by atoms with E-state index in [0.717, 1.165) is 16.7 Å². The van der Waals surface area contributed by atoms with Crippen molar-refractivity contribution in [1.82, 2.24) is 0 Å². The summed E-state index contributed by atoms with van der Waals surface area (Å²) in [6.45, 7) is 0.0388. The number of aromatic hydroxyl groups is 1. The summed E-state index contributed by atoms with van der Waals surface area (Å²) in [6.07, 6.45) is 4.63. The smallest absolute Gasteiger partial charge is 0.119 e. The van der Waals surface area contributed by atoms with Crippen molar-refractivity contribution < 1.29 is 10.2 Å². The van der Waals surface area contributed by atoms with Crippen molar-refractivity contribution in [3.05, 3.63) is 71.3 Å². The van der Waals surface area contributed by atoms with Crippen molar-refractivity contribution in [3.63, 3.8) is 0 Å². The third-order valence-electron chi connectivity index (χ3n) is 2.85. The van der Waals surface area contributed by atoms with Crippen LogP contribution in [-0.2, 0) is 13.0 Å². The summed E-state index contributed by atoms with van der Waals surface area (Å²) in [4.78, 5) is 0. The highest BCUT2D eigenvalue weighted by atomic mass is 16.3. The van der Waals surface area contributed by atoms with E-state index in [4.69, 9.17) is 0 Å². The van der Waals surface area contributed by atoms with E-state index in [1.807, 2.05) is 54.6 Å². The molecule has 18 heavy (non-hydrogen) atoms. The number of rotatable bonds is 4. The first kappa shape index (κ1) is 12.4. The molecule has 2 nitrogen and oxygen atoms in total. The summed E-state index contributed by atoms with van der Waals surface area (Å²) in [5.41, 5.74) is 2.82. The first-order valence-electron chi connectivity index (χ1n) is 5.93. The van der Waals surface area contributed by atoms with Gasteiger partial charge >= 0.3 is 0 Å². The summed E-state index contributed by atoms with van der Waals surface area (Å²) in [5, 5.41) is 18.8. The van der Waals surface area contributed by atoms with Crippen LogP contribution in [0.5, 0.6) is 5.75 Å². The number of phenolic OH excluding ortho intramolecular Hbond substituents is 1. The van der Waals surface area contributed by atoms with Crippen molar-refractivity contribution >= 4 is 6.08 Å². The van der Waals surface area contributed by atoms with Gasteiger partial charge < -0.3 is 10.2 Å². The van der Waals surface area contributed by atoms with Gasteiger partial charge in [0.05, 0.1) is 6.61 Å². The highest BCUT2D eigenvalue weighted by Crippen LogP contribution is 2.17. The highest BCUT2D eigenvalue weighted by Gasteiger charge is 1.98. The van der Waals surface area contributed by atoms with Crippen LogP contribution in [0.25, 0.3) is 6.08 Å². The van der Waals surface area contributed by atoms with Gasteiger partial charge in [-0.2, -0.15) is 0 Å². The molecule has 0 fully saturated rings. The van der Waals surface area contributed by atoms with Gasteiger partial charge in [0.1, 0.15) is 5.75 Å². The Morgan fingerprint density at radius 1 is 0.889 bits per heavy atom. The predicted molar refractivity (Wildman–Crippen MR) is 73.2 cm³/mol. The molecule has 92 valence electrons. The average molecular weight is 240 g/mol. The molecule has 0 aromatic heterocycles. The second-order valence-electron chi connectivity index (χ2n) is 4.09. The molecular weight excluding hydrogens is 224 g/mol. The van der Waals surface area contributed by atoms with Gasteiger partial charge in [0.2, 0.25) is 0 Å². The number of aliphatic hydroxyl groups excluding tert-OH is 1. The molecule has 0 heterocycles. The van der Waals surface area contributed by atoms with Gasteiger partial charge in [-0.25, -0.2) is 0 Å². The van der Waals surface area contributed by atoms with E-state index in [9.17, 15) is 10.2 Å². The second kappa shape index (κ2) is 6.03. The topological polar surface area (TPSA) is 40.5 Å². The standard InChI is InChI=1S/C16H16O2/c17-12-15-8-2-1-6-13(15)9-5-10-14-7-3-4-11-16(14)18/h1-9,11,17-18H,10,12H2/b9-5+. The van der Waals surface area contributed by atoms with Gasteiger partial charge in [-0.15, -0.1) is 0 Å². The Labute approximate surface area is 107 Å². The van der Waals surface area contributed by atoms with Crippen molar-refractivity contribution in [2.24, 2.45) is 0 Å². The van der Waals surface area contributed by atoms with Crippen LogP contribution >= 0.6 is 0 Å². The third-order valence-corrected chi connectivity index (χ3v) is 2.85. The van der Waals surface area contributed by atoms with Crippen molar-refractivity contribution in [2.45, 2.75) is 13.0 Å². The van der Waals surface area contributed by atoms with Gasteiger partial charge in [-0.3, -0.25) is 0 Å². The lowest BCUT2D eigenvalue weighted by atomic mass is 10.1. The monoisotopic (exact) mass is 240 g/mol. The van der Waals surface area contributed by atoms with Gasteiger partial charge in [0.25, 0.3) is 0 Å². The number of aliphatic hydroxyl groups is 1. The Balaban J connectivity index is 2.10. The quantitative estimate of drug-likeness (QED) is 0.862. The Morgan fingerprint density at radius 2 is 1.56 bits per heavy atom. The van der Waals surface area contributed by atoms with E-state index in [0.29, 0.717) is 12.2 Å². The highest BCUT2D eigenvalue weighted by molar-refractivity contribution is 5.54. The fraction of sp³-hybridized carbons (Fsp3) is 0.125. The molecule has 0 radical (unpaired) electrons. The number of phenols is 1. The van der Waals surface area contributed by atoms with Crippen LogP contribution in [0, 0.1) is 0 Å². The summed E-state index contributed by atoms with van der Waals surface area (Å²) in [7, 11) is 0. The zero-order valence-corrected chi connectivity index (χ0v) is 10.1. The second-order valence-corrected chi connectivity index (χ2v) is 4.09. The SMILES string of the molecule is OCc1ccccc1/C=C/Cc1ccccc1O. The van der Waals surface area contributed by atoms with E-state index in [-0.39, 0.29) is 6.61 Å². The normalized spacial score (nSPS) is 10.9. The Morgan fingerprint density at radius 3 is 2.28 bits per heavy atom. The molecular formula is C16H16O2. The minimum atomic E-state index is 0.0388. The maximum absolute atomic E-state index is 9.63. The molecule has 0 aliphatic carbocycles. The zero-order chi connectivity index (χ0) is 12.8. The maximum Gasteiger partial charge on any atom is 0.119 e. The van der Waals surface area contributed by atoms with E-state index >= 15 is 0 Å². The summed E-state index contributed by atoms with van der Waals surface area (Å²) in [6, 6.07) is 15.0. The molecule has 2 rings (SSSR count). The lowest BCUT2D eigenvalue weighted by Crippen LogP contribution is -1.87. The largest absolute Gasteiger partial charge is 0.508 e. The van der Waals surface area contributed by atoms with Crippen LogP contribution in [0.3, 0.4) is 0 Å². The fourth-order valence-corrected chi connectivity index (χ4v) is 1.84. The first-order valence-corrected chi connectivity index (χ1v) is 5.93. The number of hydrogen-bond donors (Lipinski definition) is 2. The average Bonchev–Trinajstić information content (AvgIpc) is 2.41. The number of benzene rings is 2. The number of hydrogen-bond acceptors (Lipinski definition) is 2. The van der Waals surface area contributed by atoms with Crippen LogP contribution < -0.4 is 0 Å². The fourth-order valence-electron chi connectivity index (χ4n) is 1.84. The molecule has 2 aromatic carbocycles. The molecule has 0 bridgehead atoms. The lowest BCUT2D eigenvalue weighted by molar-refractivity contribution is 0.281. The van der Waals surface area contributed by atoms with E-state index in [1.165, 1.54) is 0 Å². The van der Waals surface area contributed by atoms with Crippen molar-refractivity contribution in [3.8, 4) is 5.75 Å². The van der Waals surface area contributed by atoms with E-state index < -0.39 is 0 Å². The van der Waals surface area contributed by atoms with Gasteiger partial charge in [0.15, 0.2) is 0 Å². The zero-order valence-electron chi connectivity index (χ0n) is 10.1. The summed E-state index contributed by atoms with van der Waals surface area (Å²) >= 11 is 0. The van der Waals surface area contributed by atoms with Gasteiger partial charge in [-0.05, 0) is 29.2 Å². The molecule has 0 amide bonds. The van der Waals surface area contributed by atoms with E-state index in [2.05, 4.69) is 0 Å². The van der Waals surface area contributed by atoms with Crippen LogP contribution in [-0.4, -0.2) is 10.2 Å². The molecule has 2 aromatic rings. The first-order chi connectivity index (χ1) is 8.81. The van der Waals surface area contributed by atoms with Crippen LogP contribution in [0.15, 0.2) is 54.6 Å². The Bertz CT molecular complexity index is 544. The summed E-state index contributed by atoms with van der Waals surface area (Å²) in [5.74, 6) is 0.317. The molecule has 0 aliphatic rings. The Kier molecular flexibility index (Phi) is 4.15. The molecule has 2 N–H and O–H groups in total. The van der Waals surface area contributed by atoms with Crippen LogP contribution in [0.4, 0.5) is 0 Å². The van der Waals surface area contributed by atoms with Crippen molar-refractivity contribution in [1.29, 1.82) is 0 Å². The van der Waals surface area contributed by atoms with Crippen LogP contribution in [0.1, 0.15) is 16.7 Å². The predicted octanol–water partition coefficient (Wildman–Crippen LogP) is 3.14. The van der Waals surface area contributed by atoms with Gasteiger partial charge in [0, 0.05) is 0 Å². The Hall–Kier alpha value is -2.06. The maximum atomic E-state index is 9.63. The molecule has 2 heteroatoms. The molecule has 0 spiro atoms. The number of allylic oxidation sites excluding steroid dienone is 1. The van der Waals surface area contributed by atoms with Crippen LogP contribution in [0.2, 0.25) is 0 Å². The minimum absolute atomic E-state index is 0.0388. The lowest BCUT2D eigenvalue weighted by Gasteiger charge is -2.02. The molecule has 0 saturated carbocycles. The molecule has 0 unspecified atom stereocenters. The summed E-state index contributed by atoms with van der Waals surface area (Å²) < 4.78 is 0. The molecule has 0 aliphatic heterocycles. The minimum Gasteiger partial charge on any atom is -0.508 e. The number of para-hydroxylation sites is 1. The molecule has 0 saturated heterocycles. The van der Waals surface area contributed by atoms with Gasteiger partial charge in [-0.1, -0.05) is 54.6 Å². The molecule has 0 atom stereocenters. The van der Waals surface area contributed by atoms with E-state index in [1.54, 1.807) is 6.07 Å². The third kappa shape index (κ3) is 2.99.